The summed E-state index contributed by atoms with van der Waals surface area (Å²) in [6, 6.07) is 28.3. The van der Waals surface area contributed by atoms with E-state index in [1.54, 1.807) is 30.3 Å². The highest BCUT2D eigenvalue weighted by Crippen LogP contribution is 2.08. The second-order valence-corrected chi connectivity index (χ2v) is 4.65. The van der Waals surface area contributed by atoms with Crippen molar-refractivity contribution < 1.29 is 9.90 Å². The van der Waals surface area contributed by atoms with E-state index in [1.807, 2.05) is 60.7 Å². The zero-order valence-electron chi connectivity index (χ0n) is 12.5. The van der Waals surface area contributed by atoms with Crippen molar-refractivity contribution in [2.24, 2.45) is 0 Å². The third-order valence-corrected chi connectivity index (χ3v) is 2.92. The number of hydrazine groups is 1. The zero-order chi connectivity index (χ0) is 16.3. The van der Waals surface area contributed by atoms with Gasteiger partial charge < -0.3 is 16.0 Å². The van der Waals surface area contributed by atoms with Crippen molar-refractivity contribution >= 4 is 17.3 Å². The summed E-state index contributed by atoms with van der Waals surface area (Å²) in [6.07, 6.45) is 0. The van der Waals surface area contributed by atoms with Gasteiger partial charge in [-0.3, -0.25) is 0 Å². The van der Waals surface area contributed by atoms with Gasteiger partial charge in [-0.25, -0.2) is 4.79 Å². The normalized spacial score (nSPS) is 9.22. The molecule has 0 aliphatic rings. The smallest absolute Gasteiger partial charge is 0.335 e. The van der Waals surface area contributed by atoms with Crippen molar-refractivity contribution in [1.29, 1.82) is 0 Å². The second-order valence-electron chi connectivity index (χ2n) is 4.65. The average molecular weight is 306 g/mol. The van der Waals surface area contributed by atoms with Crippen LogP contribution in [0.4, 0.5) is 11.4 Å². The maximum Gasteiger partial charge on any atom is 0.335 e. The van der Waals surface area contributed by atoms with E-state index in [2.05, 4.69) is 10.9 Å². The Bertz CT molecular complexity index is 662. The first-order chi connectivity index (χ1) is 11.3. The van der Waals surface area contributed by atoms with Gasteiger partial charge in [-0.1, -0.05) is 54.6 Å². The Kier molecular flexibility index (Phi) is 6.23. The van der Waals surface area contributed by atoms with Crippen LogP contribution in [0.25, 0.3) is 0 Å². The van der Waals surface area contributed by atoms with E-state index >= 15 is 0 Å². The molecule has 0 aromatic heterocycles. The molecule has 23 heavy (non-hydrogen) atoms. The number of benzene rings is 3. The Labute approximate surface area is 135 Å². The second kappa shape index (κ2) is 8.89. The van der Waals surface area contributed by atoms with Crippen LogP contribution in [-0.2, 0) is 0 Å². The molecule has 0 atom stereocenters. The molecule has 0 unspecified atom stereocenters. The summed E-state index contributed by atoms with van der Waals surface area (Å²) in [5, 5.41) is 8.38. The lowest BCUT2D eigenvalue weighted by atomic mass is 10.2. The maximum absolute atomic E-state index is 10.2. The molecular formula is C19H18N2O2. The molecule has 4 heteroatoms. The average Bonchev–Trinajstić information content (AvgIpc) is 2.63. The summed E-state index contributed by atoms with van der Waals surface area (Å²) >= 11 is 0. The minimum atomic E-state index is -0.879. The number of anilines is 2. The van der Waals surface area contributed by atoms with Gasteiger partial charge in [0.15, 0.2) is 0 Å². The first-order valence-electron chi connectivity index (χ1n) is 7.16. The predicted octanol–water partition coefficient (Wildman–Crippen LogP) is 4.51. The van der Waals surface area contributed by atoms with Crippen LogP contribution in [-0.4, -0.2) is 11.1 Å². The Morgan fingerprint density at radius 3 is 1.26 bits per heavy atom. The third kappa shape index (κ3) is 5.93. The van der Waals surface area contributed by atoms with Crippen LogP contribution in [0.1, 0.15) is 10.4 Å². The number of aromatic carboxylic acids is 1. The molecule has 0 amide bonds. The lowest BCUT2D eigenvalue weighted by Crippen LogP contribution is -2.07. The van der Waals surface area contributed by atoms with Gasteiger partial charge in [0.25, 0.3) is 0 Å². The molecule has 0 heterocycles. The van der Waals surface area contributed by atoms with Gasteiger partial charge in [-0.15, -0.1) is 0 Å². The summed E-state index contributed by atoms with van der Waals surface area (Å²) in [6.45, 7) is 0. The van der Waals surface area contributed by atoms with Crippen LogP contribution in [0.3, 0.4) is 0 Å². The fourth-order valence-corrected chi connectivity index (χ4v) is 1.77. The van der Waals surface area contributed by atoms with Crippen LogP contribution < -0.4 is 10.9 Å². The first kappa shape index (κ1) is 16.1. The third-order valence-electron chi connectivity index (χ3n) is 2.92. The molecule has 3 N–H and O–H groups in total. The van der Waals surface area contributed by atoms with Gasteiger partial charge in [-0.05, 0) is 36.4 Å². The van der Waals surface area contributed by atoms with E-state index in [4.69, 9.17) is 5.11 Å². The van der Waals surface area contributed by atoms with Crippen molar-refractivity contribution in [3.8, 4) is 0 Å². The summed E-state index contributed by atoms with van der Waals surface area (Å²) in [5.74, 6) is -0.879. The molecule has 0 aliphatic heterocycles. The van der Waals surface area contributed by atoms with E-state index in [1.165, 1.54) is 0 Å². The molecule has 0 spiro atoms. The molecule has 4 nitrogen and oxygen atoms in total. The molecule has 0 fully saturated rings. The number of nitrogens with one attached hydrogen (secondary N) is 2. The van der Waals surface area contributed by atoms with Gasteiger partial charge in [0, 0.05) is 0 Å². The highest BCUT2D eigenvalue weighted by molar-refractivity contribution is 5.87. The Morgan fingerprint density at radius 2 is 0.957 bits per heavy atom. The Morgan fingerprint density at radius 1 is 0.609 bits per heavy atom. The number of carboxylic acids is 1. The van der Waals surface area contributed by atoms with Crippen molar-refractivity contribution in [2.75, 3.05) is 10.9 Å². The van der Waals surface area contributed by atoms with Crippen LogP contribution in [0.5, 0.6) is 0 Å². The predicted molar refractivity (Wildman–Crippen MR) is 93.5 cm³/mol. The molecule has 0 saturated heterocycles. The molecule has 3 aromatic rings. The molecule has 3 rings (SSSR count). The van der Waals surface area contributed by atoms with Gasteiger partial charge in [0.05, 0.1) is 16.9 Å². The molecule has 0 radical (unpaired) electrons. The Hall–Kier alpha value is -3.27. The number of carboxylic acid groups (broad SMARTS) is 1. The summed E-state index contributed by atoms with van der Waals surface area (Å²) in [5.41, 5.74) is 8.66. The van der Waals surface area contributed by atoms with Crippen LogP contribution in [0, 0.1) is 0 Å². The van der Waals surface area contributed by atoms with E-state index in [0.29, 0.717) is 5.56 Å². The van der Waals surface area contributed by atoms with Gasteiger partial charge in [-0.2, -0.15) is 0 Å². The minimum Gasteiger partial charge on any atom is -0.478 e. The van der Waals surface area contributed by atoms with Crippen LogP contribution in [0.15, 0.2) is 91.0 Å². The standard InChI is InChI=1S/C12H12N2.C7H6O2/c1-3-7-11(8-4-1)13-14-12-9-5-2-6-10-12;8-7(9)6-4-2-1-3-5-6/h1-10,13-14H;1-5H,(H,8,9). The number of hydrogen-bond acceptors (Lipinski definition) is 3. The fourth-order valence-electron chi connectivity index (χ4n) is 1.77. The fraction of sp³-hybridized carbons (Fsp3) is 0. The number of hydrogen-bond donors (Lipinski definition) is 3. The van der Waals surface area contributed by atoms with Crippen molar-refractivity contribution in [3.63, 3.8) is 0 Å². The highest BCUT2D eigenvalue weighted by Gasteiger charge is 1.96. The molecule has 116 valence electrons. The summed E-state index contributed by atoms with van der Waals surface area (Å²) in [4.78, 5) is 10.2. The van der Waals surface area contributed by atoms with Gasteiger partial charge in [0.1, 0.15) is 0 Å². The van der Waals surface area contributed by atoms with Gasteiger partial charge in [0.2, 0.25) is 0 Å². The maximum atomic E-state index is 10.2. The molecule has 0 bridgehead atoms. The quantitative estimate of drug-likeness (QED) is 0.621. The number of para-hydroxylation sites is 2. The lowest BCUT2D eigenvalue weighted by molar-refractivity contribution is 0.0697. The van der Waals surface area contributed by atoms with Crippen molar-refractivity contribution in [3.05, 3.63) is 96.6 Å². The number of rotatable bonds is 4. The topological polar surface area (TPSA) is 61.4 Å². The monoisotopic (exact) mass is 306 g/mol. The molecule has 0 saturated carbocycles. The zero-order valence-corrected chi connectivity index (χ0v) is 12.5. The summed E-state index contributed by atoms with van der Waals surface area (Å²) in [7, 11) is 0. The molecule has 0 aliphatic carbocycles. The Balaban J connectivity index is 0.000000185. The first-order valence-corrected chi connectivity index (χ1v) is 7.16. The van der Waals surface area contributed by atoms with E-state index in [9.17, 15) is 4.79 Å². The van der Waals surface area contributed by atoms with E-state index < -0.39 is 5.97 Å². The molecular weight excluding hydrogens is 288 g/mol. The van der Waals surface area contributed by atoms with Crippen LogP contribution >= 0.6 is 0 Å². The SMILES string of the molecule is O=C(O)c1ccccc1.c1ccc(NNc2ccccc2)cc1. The largest absolute Gasteiger partial charge is 0.478 e. The van der Waals surface area contributed by atoms with Crippen molar-refractivity contribution in [1.82, 2.24) is 0 Å². The van der Waals surface area contributed by atoms with Crippen LogP contribution in [0.2, 0.25) is 0 Å². The van der Waals surface area contributed by atoms with Crippen molar-refractivity contribution in [2.45, 2.75) is 0 Å². The van der Waals surface area contributed by atoms with E-state index in [0.717, 1.165) is 11.4 Å². The van der Waals surface area contributed by atoms with Gasteiger partial charge >= 0.3 is 5.97 Å². The summed E-state index contributed by atoms with van der Waals surface area (Å²) < 4.78 is 0. The highest BCUT2D eigenvalue weighted by atomic mass is 16.4. The molecule has 3 aromatic carbocycles. The van der Waals surface area contributed by atoms with E-state index in [-0.39, 0.29) is 0 Å². The number of carbonyl (C=O) groups is 1. The lowest BCUT2D eigenvalue weighted by Gasteiger charge is -2.08. The minimum absolute atomic E-state index is 0.331.